The lowest BCUT2D eigenvalue weighted by Crippen LogP contribution is -2.01. The summed E-state index contributed by atoms with van der Waals surface area (Å²) < 4.78 is 6.16. The van der Waals surface area contributed by atoms with Crippen molar-refractivity contribution in [2.45, 2.75) is 0 Å². The first-order chi connectivity index (χ1) is 6.27. The van der Waals surface area contributed by atoms with Gasteiger partial charge in [-0.1, -0.05) is 0 Å². The summed E-state index contributed by atoms with van der Waals surface area (Å²) in [6.07, 6.45) is 0. The molecule has 0 aliphatic carbocycles. The van der Waals surface area contributed by atoms with Gasteiger partial charge in [0.05, 0.1) is 12.1 Å². The highest BCUT2D eigenvalue weighted by Crippen LogP contribution is 2.23. The highest BCUT2D eigenvalue weighted by molar-refractivity contribution is 9.10. The van der Waals surface area contributed by atoms with E-state index in [1.54, 1.807) is 18.2 Å². The first-order valence-corrected chi connectivity index (χ1v) is 4.73. The van der Waals surface area contributed by atoms with Crippen molar-refractivity contribution >= 4 is 21.8 Å². The third kappa shape index (κ3) is 1.67. The van der Waals surface area contributed by atoms with Crippen LogP contribution in [0.25, 0.3) is 0 Å². The lowest BCUT2D eigenvalue weighted by atomic mass is 10.2. The molecule has 0 aromatic heterocycles. The summed E-state index contributed by atoms with van der Waals surface area (Å²) in [5.74, 6) is 0.819. The van der Waals surface area contributed by atoms with Crippen molar-refractivity contribution in [1.82, 2.24) is 0 Å². The summed E-state index contributed by atoms with van der Waals surface area (Å²) in [5, 5.41) is 9.27. The molecular weight excluding hydrogens is 234 g/mol. The molecule has 0 amide bonds. The number of phenols is 1. The zero-order valence-corrected chi connectivity index (χ0v) is 8.41. The summed E-state index contributed by atoms with van der Waals surface area (Å²) in [4.78, 5) is 4.16. The quantitative estimate of drug-likeness (QED) is 0.817. The second-order valence-electron chi connectivity index (χ2n) is 2.70. The van der Waals surface area contributed by atoms with Crippen molar-refractivity contribution < 1.29 is 9.84 Å². The van der Waals surface area contributed by atoms with Crippen LogP contribution in [0.1, 0.15) is 5.56 Å². The number of phenolic OH excluding ortho intramolecular Hbond substituents is 1. The molecule has 0 atom stereocenters. The van der Waals surface area contributed by atoms with Crippen LogP contribution >= 0.6 is 15.9 Å². The number of ether oxygens (including phenoxy) is 1. The highest BCUT2D eigenvalue weighted by atomic mass is 79.9. The third-order valence-electron chi connectivity index (χ3n) is 1.77. The van der Waals surface area contributed by atoms with Crippen LogP contribution in [0.2, 0.25) is 0 Å². The van der Waals surface area contributed by atoms with Gasteiger partial charge in [-0.3, -0.25) is 0 Å². The molecule has 0 saturated heterocycles. The van der Waals surface area contributed by atoms with Crippen molar-refractivity contribution in [3.05, 3.63) is 28.2 Å². The topological polar surface area (TPSA) is 41.8 Å². The van der Waals surface area contributed by atoms with Crippen LogP contribution in [-0.2, 0) is 4.74 Å². The number of hydrogen-bond donors (Lipinski definition) is 1. The number of nitrogens with zero attached hydrogens (tertiary/aromatic N) is 1. The molecule has 1 heterocycles. The molecule has 0 unspecified atom stereocenters. The minimum Gasteiger partial charge on any atom is -0.508 e. The van der Waals surface area contributed by atoms with Crippen LogP contribution in [0.15, 0.2) is 27.7 Å². The van der Waals surface area contributed by atoms with Crippen LogP contribution in [0, 0.1) is 0 Å². The smallest absolute Gasteiger partial charge is 0.217 e. The molecule has 0 spiro atoms. The van der Waals surface area contributed by atoms with E-state index >= 15 is 0 Å². The molecule has 0 radical (unpaired) electrons. The van der Waals surface area contributed by atoms with Gasteiger partial charge in [-0.15, -0.1) is 0 Å². The molecule has 2 rings (SSSR count). The van der Waals surface area contributed by atoms with E-state index in [0.29, 0.717) is 19.0 Å². The lowest BCUT2D eigenvalue weighted by Gasteiger charge is -2.04. The molecule has 0 bridgehead atoms. The molecule has 1 aliphatic rings. The Morgan fingerprint density at radius 3 is 3.00 bits per heavy atom. The van der Waals surface area contributed by atoms with Crippen LogP contribution in [0.5, 0.6) is 5.75 Å². The van der Waals surface area contributed by atoms with Gasteiger partial charge in [0.25, 0.3) is 0 Å². The minimum atomic E-state index is 0.219. The Balaban J connectivity index is 2.43. The Hall–Kier alpha value is -1.03. The fraction of sp³-hybridized carbons (Fsp3) is 0.222. The number of aromatic hydroxyl groups is 1. The van der Waals surface area contributed by atoms with Crippen LogP contribution < -0.4 is 0 Å². The predicted molar refractivity (Wildman–Crippen MR) is 53.2 cm³/mol. The van der Waals surface area contributed by atoms with E-state index in [9.17, 15) is 5.11 Å². The maximum absolute atomic E-state index is 9.27. The number of hydrogen-bond acceptors (Lipinski definition) is 3. The van der Waals surface area contributed by atoms with Gasteiger partial charge >= 0.3 is 0 Å². The van der Waals surface area contributed by atoms with Crippen molar-refractivity contribution in [2.75, 3.05) is 13.2 Å². The SMILES string of the molecule is Oc1ccc(Br)c(C2=NCCO2)c1. The molecule has 1 aromatic carbocycles. The van der Waals surface area contributed by atoms with Crippen LogP contribution in [0.4, 0.5) is 0 Å². The first kappa shape index (κ1) is 8.56. The fourth-order valence-corrected chi connectivity index (χ4v) is 1.59. The lowest BCUT2D eigenvalue weighted by molar-refractivity contribution is 0.348. The van der Waals surface area contributed by atoms with Crippen molar-refractivity contribution in [1.29, 1.82) is 0 Å². The van der Waals surface area contributed by atoms with Crippen LogP contribution in [-0.4, -0.2) is 24.2 Å². The number of benzene rings is 1. The summed E-state index contributed by atoms with van der Waals surface area (Å²) in [6, 6.07) is 5.02. The Morgan fingerprint density at radius 2 is 2.31 bits per heavy atom. The zero-order valence-electron chi connectivity index (χ0n) is 6.83. The molecular formula is C9H8BrNO2. The van der Waals surface area contributed by atoms with Gasteiger partial charge in [-0.2, -0.15) is 0 Å². The van der Waals surface area contributed by atoms with Crippen molar-refractivity contribution in [3.8, 4) is 5.75 Å². The normalized spacial score (nSPS) is 15.3. The molecule has 0 fully saturated rings. The summed E-state index contributed by atoms with van der Waals surface area (Å²) in [5.41, 5.74) is 0.803. The molecule has 3 nitrogen and oxygen atoms in total. The predicted octanol–water partition coefficient (Wildman–Crippen LogP) is 1.93. The highest BCUT2D eigenvalue weighted by Gasteiger charge is 2.13. The molecule has 4 heteroatoms. The van der Waals surface area contributed by atoms with E-state index in [0.717, 1.165) is 10.0 Å². The average Bonchev–Trinajstić information content (AvgIpc) is 2.61. The second kappa shape index (κ2) is 3.38. The molecule has 1 aromatic rings. The van der Waals surface area contributed by atoms with Gasteiger partial charge in [0.1, 0.15) is 12.4 Å². The molecule has 1 aliphatic heterocycles. The van der Waals surface area contributed by atoms with E-state index in [2.05, 4.69) is 20.9 Å². The third-order valence-corrected chi connectivity index (χ3v) is 2.46. The monoisotopic (exact) mass is 241 g/mol. The maximum atomic E-state index is 9.27. The Morgan fingerprint density at radius 1 is 1.46 bits per heavy atom. The van der Waals surface area contributed by atoms with Gasteiger partial charge in [0, 0.05) is 4.47 Å². The average molecular weight is 242 g/mol. The van der Waals surface area contributed by atoms with E-state index in [4.69, 9.17) is 4.74 Å². The fourth-order valence-electron chi connectivity index (χ4n) is 1.18. The second-order valence-corrected chi connectivity index (χ2v) is 3.55. The zero-order chi connectivity index (χ0) is 9.26. The van der Waals surface area contributed by atoms with Gasteiger partial charge in [-0.05, 0) is 34.1 Å². The summed E-state index contributed by atoms with van der Waals surface area (Å²) in [7, 11) is 0. The minimum absolute atomic E-state index is 0.219. The van der Waals surface area contributed by atoms with E-state index in [1.165, 1.54) is 0 Å². The molecule has 13 heavy (non-hydrogen) atoms. The number of halogens is 1. The van der Waals surface area contributed by atoms with Gasteiger partial charge in [-0.25, -0.2) is 4.99 Å². The van der Waals surface area contributed by atoms with Crippen LogP contribution in [0.3, 0.4) is 0 Å². The van der Waals surface area contributed by atoms with E-state index in [-0.39, 0.29) is 5.75 Å². The molecule has 68 valence electrons. The Labute approximate surface area is 84.2 Å². The standard InChI is InChI=1S/C9H8BrNO2/c10-8-2-1-6(12)5-7(8)9-11-3-4-13-9/h1-2,5,12H,3-4H2. The number of rotatable bonds is 1. The van der Waals surface area contributed by atoms with E-state index in [1.807, 2.05) is 0 Å². The van der Waals surface area contributed by atoms with Crippen molar-refractivity contribution in [3.63, 3.8) is 0 Å². The Kier molecular flexibility index (Phi) is 2.22. The Bertz CT molecular complexity index is 363. The van der Waals surface area contributed by atoms with Crippen molar-refractivity contribution in [2.24, 2.45) is 4.99 Å². The largest absolute Gasteiger partial charge is 0.508 e. The molecule has 1 N–H and O–H groups in total. The summed E-state index contributed by atoms with van der Waals surface area (Å²) >= 11 is 3.37. The van der Waals surface area contributed by atoms with Gasteiger partial charge < -0.3 is 9.84 Å². The summed E-state index contributed by atoms with van der Waals surface area (Å²) in [6.45, 7) is 1.31. The van der Waals surface area contributed by atoms with Gasteiger partial charge in [0.15, 0.2) is 0 Å². The number of aliphatic imine (C=N–C) groups is 1. The molecule has 0 saturated carbocycles. The van der Waals surface area contributed by atoms with E-state index < -0.39 is 0 Å². The van der Waals surface area contributed by atoms with Gasteiger partial charge in [0.2, 0.25) is 5.90 Å². The first-order valence-electron chi connectivity index (χ1n) is 3.93. The maximum Gasteiger partial charge on any atom is 0.217 e.